The zero-order valence-electron chi connectivity index (χ0n) is 12.0. The van der Waals surface area contributed by atoms with Crippen LogP contribution < -0.4 is 10.2 Å². The summed E-state index contributed by atoms with van der Waals surface area (Å²) in [6.07, 6.45) is 3.26. The van der Waals surface area contributed by atoms with E-state index in [-0.39, 0.29) is 0 Å². The summed E-state index contributed by atoms with van der Waals surface area (Å²) in [5, 5.41) is 3.15. The van der Waals surface area contributed by atoms with Gasteiger partial charge in [0.15, 0.2) is 0 Å². The Kier molecular flexibility index (Phi) is 3.91. The van der Waals surface area contributed by atoms with Crippen molar-refractivity contribution >= 4 is 5.82 Å². The summed E-state index contributed by atoms with van der Waals surface area (Å²) < 4.78 is 0. The smallest absolute Gasteiger partial charge is 0.128 e. The highest BCUT2D eigenvalue weighted by molar-refractivity contribution is 5.40. The van der Waals surface area contributed by atoms with Crippen molar-refractivity contribution in [3.05, 3.63) is 23.9 Å². The van der Waals surface area contributed by atoms with Gasteiger partial charge in [0.2, 0.25) is 0 Å². The molecule has 0 radical (unpaired) electrons. The van der Waals surface area contributed by atoms with Crippen molar-refractivity contribution in [2.24, 2.45) is 11.3 Å². The van der Waals surface area contributed by atoms with E-state index in [4.69, 9.17) is 0 Å². The minimum atomic E-state index is 0.404. The molecule has 1 atom stereocenters. The highest BCUT2D eigenvalue weighted by Crippen LogP contribution is 2.34. The molecule has 1 aliphatic rings. The van der Waals surface area contributed by atoms with E-state index in [0.29, 0.717) is 5.41 Å². The van der Waals surface area contributed by atoms with Crippen LogP contribution in [-0.4, -0.2) is 25.1 Å². The summed E-state index contributed by atoms with van der Waals surface area (Å²) in [7, 11) is 1.96. The Labute approximate surface area is 111 Å². The molecule has 0 aromatic carbocycles. The van der Waals surface area contributed by atoms with E-state index in [2.05, 4.69) is 48.1 Å². The fourth-order valence-electron chi connectivity index (χ4n) is 2.59. The fourth-order valence-corrected chi connectivity index (χ4v) is 2.59. The molecule has 0 saturated carbocycles. The summed E-state index contributed by atoms with van der Waals surface area (Å²) >= 11 is 0. The summed E-state index contributed by atoms with van der Waals surface area (Å²) in [5.41, 5.74) is 1.65. The van der Waals surface area contributed by atoms with Gasteiger partial charge in [-0.2, -0.15) is 0 Å². The zero-order chi connectivity index (χ0) is 13.2. The normalized spacial score (nSPS) is 20.4. The molecule has 1 fully saturated rings. The average Bonchev–Trinajstić information content (AvgIpc) is 2.79. The third-order valence-electron chi connectivity index (χ3n) is 3.93. The first-order chi connectivity index (χ1) is 8.50. The largest absolute Gasteiger partial charge is 0.356 e. The van der Waals surface area contributed by atoms with Crippen molar-refractivity contribution in [1.82, 2.24) is 10.3 Å². The summed E-state index contributed by atoms with van der Waals surface area (Å²) in [6, 6.07) is 4.32. The maximum absolute atomic E-state index is 4.58. The maximum Gasteiger partial charge on any atom is 0.128 e. The van der Waals surface area contributed by atoms with E-state index in [0.717, 1.165) is 31.4 Å². The highest BCUT2D eigenvalue weighted by atomic mass is 15.2. The van der Waals surface area contributed by atoms with Gasteiger partial charge in [-0.15, -0.1) is 0 Å². The van der Waals surface area contributed by atoms with Gasteiger partial charge in [-0.3, -0.25) is 0 Å². The number of pyridine rings is 1. The monoisotopic (exact) mass is 247 g/mol. The molecule has 1 aromatic rings. The first-order valence-electron chi connectivity index (χ1n) is 6.85. The van der Waals surface area contributed by atoms with E-state index in [9.17, 15) is 0 Å². The first kappa shape index (κ1) is 13.3. The molecule has 1 unspecified atom stereocenters. The Morgan fingerprint density at radius 1 is 1.39 bits per heavy atom. The van der Waals surface area contributed by atoms with Gasteiger partial charge in [0.25, 0.3) is 0 Å². The number of aromatic nitrogens is 1. The van der Waals surface area contributed by atoms with E-state index >= 15 is 0 Å². The molecule has 0 spiro atoms. The van der Waals surface area contributed by atoms with Gasteiger partial charge in [-0.25, -0.2) is 4.98 Å². The second-order valence-corrected chi connectivity index (χ2v) is 6.35. The van der Waals surface area contributed by atoms with E-state index in [1.807, 2.05) is 13.2 Å². The average molecular weight is 247 g/mol. The van der Waals surface area contributed by atoms with Crippen molar-refractivity contribution in [2.45, 2.75) is 33.7 Å². The summed E-state index contributed by atoms with van der Waals surface area (Å²) in [4.78, 5) is 7.00. The number of hydrogen-bond donors (Lipinski definition) is 1. The zero-order valence-corrected chi connectivity index (χ0v) is 12.0. The van der Waals surface area contributed by atoms with Crippen molar-refractivity contribution in [3.8, 4) is 0 Å². The van der Waals surface area contributed by atoms with E-state index in [1.54, 1.807) is 0 Å². The van der Waals surface area contributed by atoms with E-state index in [1.165, 1.54) is 12.0 Å². The summed E-state index contributed by atoms with van der Waals surface area (Å²) in [6.45, 7) is 10.2. The Hall–Kier alpha value is -1.09. The molecule has 3 heteroatoms. The molecule has 2 heterocycles. The van der Waals surface area contributed by atoms with Crippen LogP contribution in [0, 0.1) is 11.3 Å². The van der Waals surface area contributed by atoms with E-state index < -0.39 is 0 Å². The van der Waals surface area contributed by atoms with Crippen LogP contribution >= 0.6 is 0 Å². The fraction of sp³-hybridized carbons (Fsp3) is 0.667. The second kappa shape index (κ2) is 5.27. The van der Waals surface area contributed by atoms with Gasteiger partial charge in [-0.1, -0.05) is 26.8 Å². The Morgan fingerprint density at radius 3 is 2.67 bits per heavy atom. The van der Waals surface area contributed by atoms with Crippen LogP contribution in [0.15, 0.2) is 18.3 Å². The van der Waals surface area contributed by atoms with Gasteiger partial charge in [0, 0.05) is 25.8 Å². The first-order valence-corrected chi connectivity index (χ1v) is 6.85. The number of hydrogen-bond acceptors (Lipinski definition) is 3. The van der Waals surface area contributed by atoms with Crippen LogP contribution in [0.2, 0.25) is 0 Å². The van der Waals surface area contributed by atoms with Gasteiger partial charge in [0.1, 0.15) is 5.82 Å². The van der Waals surface area contributed by atoms with Crippen molar-refractivity contribution in [2.75, 3.05) is 25.0 Å². The van der Waals surface area contributed by atoms with Crippen LogP contribution in [0.4, 0.5) is 5.82 Å². The second-order valence-electron chi connectivity index (χ2n) is 6.35. The topological polar surface area (TPSA) is 28.2 Å². The van der Waals surface area contributed by atoms with Gasteiger partial charge in [-0.05, 0) is 36.4 Å². The van der Waals surface area contributed by atoms with Crippen LogP contribution in [0.3, 0.4) is 0 Å². The third-order valence-corrected chi connectivity index (χ3v) is 3.93. The molecule has 1 aliphatic heterocycles. The lowest BCUT2D eigenvalue weighted by molar-refractivity contribution is 0.263. The highest BCUT2D eigenvalue weighted by Gasteiger charge is 2.32. The molecular formula is C15H25N3. The molecule has 100 valence electrons. The Bertz CT molecular complexity index is 378. The van der Waals surface area contributed by atoms with Crippen LogP contribution in [0.1, 0.15) is 32.8 Å². The lowest BCUT2D eigenvalue weighted by Crippen LogP contribution is -2.26. The molecule has 0 amide bonds. The van der Waals surface area contributed by atoms with Crippen molar-refractivity contribution in [1.29, 1.82) is 0 Å². The predicted molar refractivity (Wildman–Crippen MR) is 76.8 cm³/mol. The molecule has 0 bridgehead atoms. The SMILES string of the molecule is CNCc1ccc(N2CCC(C(C)(C)C)C2)nc1. The lowest BCUT2D eigenvalue weighted by atomic mass is 9.80. The van der Waals surface area contributed by atoms with Gasteiger partial charge >= 0.3 is 0 Å². The molecular weight excluding hydrogens is 222 g/mol. The van der Waals surface area contributed by atoms with Crippen molar-refractivity contribution in [3.63, 3.8) is 0 Å². The standard InChI is InChI=1S/C15H25N3/c1-15(2,3)13-7-8-18(11-13)14-6-5-12(9-16-4)10-17-14/h5-6,10,13,16H,7-9,11H2,1-4H3. The minimum Gasteiger partial charge on any atom is -0.356 e. The van der Waals surface area contributed by atoms with Crippen LogP contribution in [-0.2, 0) is 6.54 Å². The number of nitrogens with zero attached hydrogens (tertiary/aromatic N) is 2. The molecule has 1 aromatic heterocycles. The van der Waals surface area contributed by atoms with Crippen molar-refractivity contribution < 1.29 is 0 Å². The Morgan fingerprint density at radius 2 is 2.17 bits per heavy atom. The molecule has 1 N–H and O–H groups in total. The lowest BCUT2D eigenvalue weighted by Gasteiger charge is -2.27. The maximum atomic E-state index is 4.58. The summed E-state index contributed by atoms with van der Waals surface area (Å²) in [5.74, 6) is 1.90. The number of nitrogens with one attached hydrogen (secondary N) is 1. The molecule has 0 aliphatic carbocycles. The minimum absolute atomic E-state index is 0.404. The number of rotatable bonds is 3. The molecule has 2 rings (SSSR count). The van der Waals surface area contributed by atoms with Gasteiger partial charge in [0.05, 0.1) is 0 Å². The van der Waals surface area contributed by atoms with Gasteiger partial charge < -0.3 is 10.2 Å². The van der Waals surface area contributed by atoms with Crippen LogP contribution in [0.5, 0.6) is 0 Å². The molecule has 3 nitrogen and oxygen atoms in total. The number of anilines is 1. The predicted octanol–water partition coefficient (Wildman–Crippen LogP) is 2.67. The third kappa shape index (κ3) is 3.02. The molecule has 18 heavy (non-hydrogen) atoms. The molecule has 1 saturated heterocycles. The Balaban J connectivity index is 2.01. The quantitative estimate of drug-likeness (QED) is 0.890. The van der Waals surface area contributed by atoms with Crippen LogP contribution in [0.25, 0.3) is 0 Å².